The van der Waals surface area contributed by atoms with Crippen LogP contribution in [0.1, 0.15) is 12.8 Å². The summed E-state index contributed by atoms with van der Waals surface area (Å²) in [6.45, 7) is 6.15. The molecule has 8 heteroatoms. The van der Waals surface area contributed by atoms with Gasteiger partial charge >= 0.3 is 17.1 Å². The molecule has 2 rings (SSSR count). The molecule has 2 aromatic heterocycles. The van der Waals surface area contributed by atoms with Crippen LogP contribution in [0.4, 0.5) is 0 Å². The Morgan fingerprint density at radius 2 is 0.900 bits per heavy atom. The van der Waals surface area contributed by atoms with Crippen molar-refractivity contribution in [3.8, 4) is 11.1 Å². The molecule has 166 valence electrons. The lowest BCUT2D eigenvalue weighted by Crippen LogP contribution is -2.39. The van der Waals surface area contributed by atoms with Crippen molar-refractivity contribution in [2.45, 2.75) is 51.1 Å². The van der Waals surface area contributed by atoms with Gasteiger partial charge in [0.15, 0.2) is 24.8 Å². The molecule has 0 bridgehead atoms. The number of nitrogens with zero attached hydrogens (tertiary/aromatic N) is 2. The van der Waals surface area contributed by atoms with Crippen LogP contribution in [0.5, 0.6) is 0 Å². The van der Waals surface area contributed by atoms with E-state index in [1.165, 1.54) is 11.1 Å². The average Bonchev–Trinajstić information content (AvgIpc) is 2.79. The summed E-state index contributed by atoms with van der Waals surface area (Å²) in [5, 5.41) is 0. The second-order valence-electron chi connectivity index (χ2n) is 7.94. The minimum Gasteiger partial charge on any atom is -0.398 e. The van der Waals surface area contributed by atoms with Gasteiger partial charge in [-0.1, -0.05) is 0 Å². The fraction of sp³-hybridized carbons (Fsp3) is 0.545. The van der Waals surface area contributed by atoms with Gasteiger partial charge < -0.3 is 17.7 Å². The Kier molecular flexibility index (Phi) is 9.79. The molecule has 0 radical (unpaired) electrons. The zero-order valence-corrected chi connectivity index (χ0v) is 21.4. The topological polar surface area (TPSA) is 44.7 Å². The summed E-state index contributed by atoms with van der Waals surface area (Å²) in [5.74, 6) is 0. The van der Waals surface area contributed by atoms with E-state index in [2.05, 4.69) is 71.3 Å². The molecule has 0 aromatic carbocycles. The highest BCUT2D eigenvalue weighted by atomic mass is 28.4. The lowest BCUT2D eigenvalue weighted by atomic mass is 10.1. The van der Waals surface area contributed by atoms with Gasteiger partial charge in [-0.05, 0) is 36.3 Å². The largest absolute Gasteiger partial charge is 0.398 e. The van der Waals surface area contributed by atoms with E-state index in [1.54, 1.807) is 28.4 Å². The van der Waals surface area contributed by atoms with Crippen LogP contribution in [-0.4, -0.2) is 45.6 Å². The molecule has 0 fully saturated rings. The van der Waals surface area contributed by atoms with E-state index in [0.717, 1.165) is 38.0 Å². The molecular weight excluding hydrogens is 412 g/mol. The molecule has 2 aromatic rings. The van der Waals surface area contributed by atoms with Gasteiger partial charge in [0.05, 0.1) is 0 Å². The maximum absolute atomic E-state index is 5.56. The van der Waals surface area contributed by atoms with Gasteiger partial charge in [0.2, 0.25) is 0 Å². The first kappa shape index (κ1) is 24.8. The van der Waals surface area contributed by atoms with E-state index >= 15 is 0 Å². The number of aromatic nitrogens is 2. The summed E-state index contributed by atoms with van der Waals surface area (Å²) in [7, 11) is 3.05. The number of rotatable bonds is 13. The maximum Gasteiger partial charge on any atom is 0.334 e. The third-order valence-electron chi connectivity index (χ3n) is 5.94. The molecule has 0 aliphatic heterocycles. The van der Waals surface area contributed by atoms with Gasteiger partial charge in [-0.3, -0.25) is 0 Å². The van der Waals surface area contributed by atoms with Gasteiger partial charge in [0.1, 0.15) is 13.1 Å². The molecule has 0 spiro atoms. The maximum atomic E-state index is 5.56. The van der Waals surface area contributed by atoms with E-state index < -0.39 is 17.1 Å². The summed E-state index contributed by atoms with van der Waals surface area (Å²) in [6, 6.07) is 10.7. The zero-order chi connectivity index (χ0) is 22.0. The van der Waals surface area contributed by atoms with Gasteiger partial charge in [0, 0.05) is 65.5 Å². The van der Waals surface area contributed by atoms with Crippen molar-refractivity contribution >= 4 is 17.1 Å². The summed E-state index contributed by atoms with van der Waals surface area (Å²) in [6.07, 6.45) is 10.7. The second-order valence-corrected chi connectivity index (χ2v) is 15.1. The first-order valence-corrected chi connectivity index (χ1v) is 15.6. The minimum absolute atomic E-state index is 0.968. The molecule has 0 aliphatic rings. The molecule has 0 unspecified atom stereocenters. The highest BCUT2D eigenvalue weighted by Gasteiger charge is 2.29. The smallest absolute Gasteiger partial charge is 0.334 e. The molecule has 6 nitrogen and oxygen atoms in total. The Bertz CT molecular complexity index is 683. The summed E-state index contributed by atoms with van der Waals surface area (Å²) < 4.78 is 26.7. The quantitative estimate of drug-likeness (QED) is 0.346. The van der Waals surface area contributed by atoms with Crippen molar-refractivity contribution < 1.29 is 26.8 Å². The minimum atomic E-state index is -1.97. The Morgan fingerprint density at radius 1 is 0.600 bits per heavy atom. The van der Waals surface area contributed by atoms with Gasteiger partial charge in [-0.25, -0.2) is 9.13 Å². The Balaban J connectivity index is 1.86. The van der Waals surface area contributed by atoms with E-state index in [4.69, 9.17) is 17.7 Å². The van der Waals surface area contributed by atoms with Crippen LogP contribution in [0.15, 0.2) is 49.1 Å². The molecule has 0 saturated carbocycles. The number of aryl methyl sites for hydroxylation is 2. The number of pyridine rings is 2. The van der Waals surface area contributed by atoms with Crippen molar-refractivity contribution in [2.24, 2.45) is 0 Å². The molecular formula is C22H38N2O4Si2+2. The SMILES string of the molecule is CO[Si](C)(CCC[n+]1ccc(-c2cc[n+](CCC[Si](C)(OC)OC)cc2)cc1)OC. The van der Waals surface area contributed by atoms with Gasteiger partial charge in [-0.15, -0.1) is 0 Å². The fourth-order valence-electron chi connectivity index (χ4n) is 3.34. The molecule has 0 amide bonds. The lowest BCUT2D eigenvalue weighted by molar-refractivity contribution is -0.697. The monoisotopic (exact) mass is 450 g/mol. The van der Waals surface area contributed by atoms with Crippen LogP contribution in [0.25, 0.3) is 11.1 Å². The zero-order valence-electron chi connectivity index (χ0n) is 19.4. The third-order valence-corrected chi connectivity index (χ3v) is 11.9. The molecule has 0 aliphatic carbocycles. The molecule has 2 heterocycles. The van der Waals surface area contributed by atoms with E-state index in [1.807, 2.05) is 0 Å². The molecule has 0 atom stereocenters. The first-order chi connectivity index (χ1) is 14.4. The van der Waals surface area contributed by atoms with Crippen LogP contribution in [0, 0.1) is 0 Å². The van der Waals surface area contributed by atoms with Crippen LogP contribution in [0.3, 0.4) is 0 Å². The highest BCUT2D eigenvalue weighted by Crippen LogP contribution is 2.17. The number of hydrogen-bond acceptors (Lipinski definition) is 4. The van der Waals surface area contributed by atoms with Crippen molar-refractivity contribution in [3.05, 3.63) is 49.1 Å². The first-order valence-electron chi connectivity index (χ1n) is 10.6. The summed E-state index contributed by atoms with van der Waals surface area (Å²) in [4.78, 5) is 0. The Hall–Kier alpha value is -1.43. The normalized spacial score (nSPS) is 12.3. The van der Waals surface area contributed by atoms with Crippen molar-refractivity contribution in [1.82, 2.24) is 0 Å². The van der Waals surface area contributed by atoms with Crippen molar-refractivity contribution in [2.75, 3.05) is 28.4 Å². The van der Waals surface area contributed by atoms with E-state index in [-0.39, 0.29) is 0 Å². The van der Waals surface area contributed by atoms with Crippen LogP contribution in [0.2, 0.25) is 25.2 Å². The van der Waals surface area contributed by atoms with Gasteiger partial charge in [-0.2, -0.15) is 0 Å². The van der Waals surface area contributed by atoms with Crippen LogP contribution in [-0.2, 0) is 30.8 Å². The Morgan fingerprint density at radius 3 is 1.17 bits per heavy atom. The molecule has 0 N–H and O–H groups in total. The molecule has 0 saturated heterocycles. The second kappa shape index (κ2) is 11.8. The predicted octanol–water partition coefficient (Wildman–Crippen LogP) is 3.44. The number of hydrogen-bond donors (Lipinski definition) is 0. The van der Waals surface area contributed by atoms with Crippen molar-refractivity contribution in [3.63, 3.8) is 0 Å². The van der Waals surface area contributed by atoms with Crippen LogP contribution < -0.4 is 9.13 Å². The standard InChI is InChI=1S/C22H38N2O4Si2/c1-25-29(5,26-2)19-7-13-23-15-9-21(10-16-23)22-11-17-24(18-12-22)14-8-20-30(6,27-3)28-4/h9-12,15-18H,7-8,13-14,19-20H2,1-6H3/q+2. The molecule has 30 heavy (non-hydrogen) atoms. The third kappa shape index (κ3) is 7.37. The summed E-state index contributed by atoms with van der Waals surface area (Å²) >= 11 is 0. The van der Waals surface area contributed by atoms with Gasteiger partial charge in [0.25, 0.3) is 0 Å². The van der Waals surface area contributed by atoms with E-state index in [9.17, 15) is 0 Å². The average molecular weight is 451 g/mol. The summed E-state index contributed by atoms with van der Waals surface area (Å²) in [5.41, 5.74) is 2.45. The fourth-order valence-corrected chi connectivity index (χ4v) is 6.09. The van der Waals surface area contributed by atoms with E-state index in [0.29, 0.717) is 0 Å². The van der Waals surface area contributed by atoms with Crippen LogP contribution >= 0.6 is 0 Å². The lowest BCUT2D eigenvalue weighted by Gasteiger charge is -2.21. The highest BCUT2D eigenvalue weighted by molar-refractivity contribution is 6.66. The predicted molar refractivity (Wildman–Crippen MR) is 122 cm³/mol. The van der Waals surface area contributed by atoms with Crippen molar-refractivity contribution in [1.29, 1.82) is 0 Å². The Labute approximate surface area is 183 Å².